The van der Waals surface area contributed by atoms with Crippen molar-refractivity contribution in [2.45, 2.75) is 20.3 Å². The zero-order valence-corrected chi connectivity index (χ0v) is 13.2. The Balaban J connectivity index is 1.94. The molecule has 0 aliphatic rings. The van der Waals surface area contributed by atoms with E-state index >= 15 is 0 Å². The van der Waals surface area contributed by atoms with Gasteiger partial charge in [0.2, 0.25) is 0 Å². The van der Waals surface area contributed by atoms with Gasteiger partial charge < -0.3 is 15.4 Å². The van der Waals surface area contributed by atoms with Gasteiger partial charge in [-0.15, -0.1) is 0 Å². The maximum atomic E-state index is 5.81. The number of benzene rings is 2. The second-order valence-corrected chi connectivity index (χ2v) is 5.23. The molecule has 0 spiro atoms. The summed E-state index contributed by atoms with van der Waals surface area (Å²) < 4.78 is 5.81. The smallest absolute Gasteiger partial charge is 0.170 e. The fourth-order valence-electron chi connectivity index (χ4n) is 1.84. The van der Waals surface area contributed by atoms with Crippen LogP contribution < -0.4 is 15.4 Å². The van der Waals surface area contributed by atoms with Gasteiger partial charge in [0.15, 0.2) is 5.11 Å². The van der Waals surface area contributed by atoms with E-state index in [9.17, 15) is 0 Å². The van der Waals surface area contributed by atoms with E-state index in [1.807, 2.05) is 55.5 Å². The second-order valence-electron chi connectivity index (χ2n) is 4.82. The second kappa shape index (κ2) is 7.64. The monoisotopic (exact) mass is 300 g/mol. The number of thiocarbonyl (C=S) groups is 1. The van der Waals surface area contributed by atoms with E-state index in [4.69, 9.17) is 17.0 Å². The first-order valence-corrected chi connectivity index (χ1v) is 7.47. The highest BCUT2D eigenvalue weighted by molar-refractivity contribution is 7.80. The van der Waals surface area contributed by atoms with Gasteiger partial charge in [-0.1, -0.05) is 19.1 Å². The molecule has 2 N–H and O–H groups in total. The molecule has 0 aliphatic carbocycles. The number of hydrogen-bond acceptors (Lipinski definition) is 2. The predicted octanol–water partition coefficient (Wildman–Crippen LogP) is 4.48. The fourth-order valence-corrected chi connectivity index (χ4v) is 2.05. The van der Waals surface area contributed by atoms with Crippen molar-refractivity contribution < 1.29 is 4.74 Å². The first-order valence-electron chi connectivity index (χ1n) is 7.07. The largest absolute Gasteiger partial charge is 0.457 e. The number of hydrogen-bond donors (Lipinski definition) is 2. The number of nitrogens with one attached hydrogen (secondary N) is 2. The first-order chi connectivity index (χ1) is 10.2. The van der Waals surface area contributed by atoms with Gasteiger partial charge in [0.1, 0.15) is 11.5 Å². The van der Waals surface area contributed by atoms with Crippen LogP contribution in [0, 0.1) is 6.92 Å². The quantitative estimate of drug-likeness (QED) is 0.797. The number of aryl methyl sites for hydroxylation is 1. The summed E-state index contributed by atoms with van der Waals surface area (Å²) >= 11 is 5.20. The molecule has 0 bridgehead atoms. The minimum Gasteiger partial charge on any atom is -0.457 e. The van der Waals surface area contributed by atoms with Crippen LogP contribution in [-0.4, -0.2) is 11.7 Å². The molecule has 0 saturated carbocycles. The van der Waals surface area contributed by atoms with Gasteiger partial charge in [0, 0.05) is 12.2 Å². The molecule has 3 nitrogen and oxygen atoms in total. The highest BCUT2D eigenvalue weighted by atomic mass is 32.1. The summed E-state index contributed by atoms with van der Waals surface area (Å²) in [5, 5.41) is 6.92. The van der Waals surface area contributed by atoms with Crippen molar-refractivity contribution in [1.29, 1.82) is 0 Å². The molecule has 110 valence electrons. The molecule has 0 heterocycles. The van der Waals surface area contributed by atoms with Crippen LogP contribution in [-0.2, 0) is 0 Å². The highest BCUT2D eigenvalue weighted by Gasteiger charge is 2.00. The van der Waals surface area contributed by atoms with Crippen molar-refractivity contribution >= 4 is 23.0 Å². The third-order valence-corrected chi connectivity index (χ3v) is 3.12. The molecule has 0 radical (unpaired) electrons. The van der Waals surface area contributed by atoms with Crippen LogP contribution in [0.3, 0.4) is 0 Å². The van der Waals surface area contributed by atoms with E-state index in [1.165, 1.54) is 5.56 Å². The summed E-state index contributed by atoms with van der Waals surface area (Å²) in [5.74, 6) is 1.65. The van der Waals surface area contributed by atoms with E-state index in [0.29, 0.717) is 5.11 Å². The maximum Gasteiger partial charge on any atom is 0.170 e. The Hall–Kier alpha value is -2.07. The average molecular weight is 300 g/mol. The molecule has 2 aromatic rings. The van der Waals surface area contributed by atoms with Crippen LogP contribution in [0.5, 0.6) is 11.5 Å². The summed E-state index contributed by atoms with van der Waals surface area (Å²) in [4.78, 5) is 0. The van der Waals surface area contributed by atoms with Crippen LogP contribution in [0.25, 0.3) is 0 Å². The summed E-state index contributed by atoms with van der Waals surface area (Å²) in [6.07, 6.45) is 1.05. The molecular weight excluding hydrogens is 280 g/mol. The third kappa shape index (κ3) is 5.08. The molecule has 0 fully saturated rings. The van der Waals surface area contributed by atoms with Gasteiger partial charge in [-0.05, 0) is 67.5 Å². The van der Waals surface area contributed by atoms with Gasteiger partial charge in [-0.2, -0.15) is 0 Å². The van der Waals surface area contributed by atoms with E-state index in [0.717, 1.165) is 30.2 Å². The van der Waals surface area contributed by atoms with Crippen molar-refractivity contribution in [3.05, 3.63) is 54.1 Å². The number of rotatable bonds is 5. The van der Waals surface area contributed by atoms with E-state index in [2.05, 4.69) is 17.6 Å². The summed E-state index contributed by atoms with van der Waals surface area (Å²) in [5.41, 5.74) is 2.12. The molecule has 0 unspecified atom stereocenters. The lowest BCUT2D eigenvalue weighted by molar-refractivity contribution is 0.482. The predicted molar refractivity (Wildman–Crippen MR) is 92.2 cm³/mol. The lowest BCUT2D eigenvalue weighted by Gasteiger charge is -2.11. The van der Waals surface area contributed by atoms with Gasteiger partial charge in [-0.25, -0.2) is 0 Å². The lowest BCUT2D eigenvalue weighted by Crippen LogP contribution is -2.28. The van der Waals surface area contributed by atoms with Crippen LogP contribution in [0.15, 0.2) is 48.5 Å². The molecule has 21 heavy (non-hydrogen) atoms. The molecule has 0 aromatic heterocycles. The minimum atomic E-state index is 0.643. The van der Waals surface area contributed by atoms with Gasteiger partial charge in [-0.3, -0.25) is 0 Å². The highest BCUT2D eigenvalue weighted by Crippen LogP contribution is 2.23. The Bertz CT molecular complexity index is 596. The van der Waals surface area contributed by atoms with Crippen molar-refractivity contribution in [3.63, 3.8) is 0 Å². The molecule has 0 saturated heterocycles. The Kier molecular flexibility index (Phi) is 5.58. The fraction of sp³-hybridized carbons (Fsp3) is 0.235. The topological polar surface area (TPSA) is 33.3 Å². The standard InChI is InChI=1S/C17H20N2OS/c1-3-11-18-17(21)19-14-7-9-15(10-8-14)20-16-6-4-5-13(2)12-16/h4-10,12H,3,11H2,1-2H3,(H2,18,19,21). The Labute approximate surface area is 131 Å². The molecule has 2 aromatic carbocycles. The minimum absolute atomic E-state index is 0.643. The van der Waals surface area contributed by atoms with Crippen molar-refractivity contribution in [3.8, 4) is 11.5 Å². The average Bonchev–Trinajstić information content (AvgIpc) is 2.47. The molecule has 0 aliphatic heterocycles. The summed E-state index contributed by atoms with van der Waals surface area (Å²) in [6, 6.07) is 15.7. The Morgan fingerprint density at radius 1 is 1.10 bits per heavy atom. The van der Waals surface area contributed by atoms with Gasteiger partial charge in [0.25, 0.3) is 0 Å². The molecule has 0 atom stereocenters. The van der Waals surface area contributed by atoms with Crippen LogP contribution in [0.2, 0.25) is 0 Å². The zero-order chi connectivity index (χ0) is 15.1. The van der Waals surface area contributed by atoms with Crippen molar-refractivity contribution in [2.24, 2.45) is 0 Å². The zero-order valence-electron chi connectivity index (χ0n) is 12.3. The molecule has 2 rings (SSSR count). The Morgan fingerprint density at radius 2 is 1.86 bits per heavy atom. The lowest BCUT2D eigenvalue weighted by atomic mass is 10.2. The number of ether oxygens (including phenoxy) is 1. The van der Waals surface area contributed by atoms with Gasteiger partial charge >= 0.3 is 0 Å². The SMILES string of the molecule is CCCNC(=S)Nc1ccc(Oc2cccc(C)c2)cc1. The number of anilines is 1. The van der Waals surface area contributed by atoms with Crippen LogP contribution in [0.4, 0.5) is 5.69 Å². The summed E-state index contributed by atoms with van der Waals surface area (Å²) in [6.45, 7) is 5.03. The summed E-state index contributed by atoms with van der Waals surface area (Å²) in [7, 11) is 0. The van der Waals surface area contributed by atoms with Crippen LogP contribution in [0.1, 0.15) is 18.9 Å². The Morgan fingerprint density at radius 3 is 2.52 bits per heavy atom. The van der Waals surface area contributed by atoms with Crippen LogP contribution >= 0.6 is 12.2 Å². The van der Waals surface area contributed by atoms with Gasteiger partial charge in [0.05, 0.1) is 0 Å². The molecular formula is C17H20N2OS. The van der Waals surface area contributed by atoms with E-state index in [-0.39, 0.29) is 0 Å². The molecule has 4 heteroatoms. The normalized spacial score (nSPS) is 10.0. The first kappa shape index (κ1) is 15.3. The van der Waals surface area contributed by atoms with Crippen molar-refractivity contribution in [2.75, 3.05) is 11.9 Å². The van der Waals surface area contributed by atoms with E-state index < -0.39 is 0 Å². The third-order valence-electron chi connectivity index (χ3n) is 2.87. The maximum absolute atomic E-state index is 5.81. The van der Waals surface area contributed by atoms with Crippen molar-refractivity contribution in [1.82, 2.24) is 5.32 Å². The van der Waals surface area contributed by atoms with E-state index in [1.54, 1.807) is 0 Å². The molecule has 0 amide bonds.